The van der Waals surface area contributed by atoms with Crippen molar-refractivity contribution < 1.29 is 19.2 Å². The van der Waals surface area contributed by atoms with Crippen LogP contribution in [0, 0.1) is 0 Å². The summed E-state index contributed by atoms with van der Waals surface area (Å²) in [6, 6.07) is 15.9. The summed E-state index contributed by atoms with van der Waals surface area (Å²) >= 11 is 0. The highest BCUT2D eigenvalue weighted by atomic mass is 16.2. The molecule has 0 spiro atoms. The maximum Gasteiger partial charge on any atom is 0.261 e. The Hall–Kier alpha value is -4.40. The number of carbonyl (C=O) groups excluding carboxylic acids is 4. The Morgan fingerprint density at radius 3 is 1.39 bits per heavy atom. The molecular formula is C38H38N4O4. The standard InChI is InChI=1S/C38H38N4O4/c1-40(21-22-42-37(45)29-15-11-25-7-3-8-26-12-16-30(38(42)46)34(29)32(25)26)19-4-17-39-18-20-41-35(43)27-13-9-23-5-2-6-24-10-14-28(36(41)44)33(27)31(23)24/h9-16,39H,2-8,17-22H2,1H3. The van der Waals surface area contributed by atoms with Gasteiger partial charge in [-0.15, -0.1) is 0 Å². The summed E-state index contributed by atoms with van der Waals surface area (Å²) in [6.45, 7) is 3.25. The number of aryl methyl sites for hydroxylation is 4. The van der Waals surface area contributed by atoms with Crippen molar-refractivity contribution in [2.45, 2.75) is 44.9 Å². The van der Waals surface area contributed by atoms with Crippen molar-refractivity contribution >= 4 is 45.2 Å². The van der Waals surface area contributed by atoms with E-state index in [1.807, 2.05) is 31.3 Å². The largest absolute Gasteiger partial charge is 0.315 e. The molecule has 4 aromatic rings. The molecule has 8 heteroatoms. The zero-order chi connectivity index (χ0) is 31.5. The fourth-order valence-corrected chi connectivity index (χ4v) is 8.12. The molecule has 0 aromatic heterocycles. The molecule has 0 unspecified atom stereocenters. The van der Waals surface area contributed by atoms with Crippen LogP contribution >= 0.6 is 0 Å². The number of hydrogen-bond donors (Lipinski definition) is 1. The summed E-state index contributed by atoms with van der Waals surface area (Å²) in [5.41, 5.74) is 7.50. The van der Waals surface area contributed by atoms with Gasteiger partial charge in [0.25, 0.3) is 23.6 Å². The van der Waals surface area contributed by atoms with Crippen LogP contribution < -0.4 is 5.32 Å². The summed E-state index contributed by atoms with van der Waals surface area (Å²) in [4.78, 5) is 58.6. The van der Waals surface area contributed by atoms with Gasteiger partial charge in [0.1, 0.15) is 0 Å². The number of rotatable bonds is 10. The van der Waals surface area contributed by atoms with E-state index in [1.165, 1.54) is 32.1 Å². The number of nitrogens with zero attached hydrogens (tertiary/aromatic N) is 3. The van der Waals surface area contributed by atoms with Gasteiger partial charge < -0.3 is 10.2 Å². The molecule has 8 rings (SSSR count). The fraction of sp³-hybridized carbons (Fsp3) is 0.368. The Morgan fingerprint density at radius 2 is 0.957 bits per heavy atom. The first-order valence-electron chi connectivity index (χ1n) is 16.7. The van der Waals surface area contributed by atoms with Crippen LogP contribution in [0.15, 0.2) is 48.5 Å². The summed E-state index contributed by atoms with van der Waals surface area (Å²) in [7, 11) is 2.00. The van der Waals surface area contributed by atoms with Crippen LogP contribution in [0.25, 0.3) is 21.5 Å². The summed E-state index contributed by atoms with van der Waals surface area (Å²) in [5.74, 6) is -0.825. The molecule has 2 aliphatic carbocycles. The molecule has 8 nitrogen and oxygen atoms in total. The lowest BCUT2D eigenvalue weighted by Gasteiger charge is -2.31. The molecule has 0 fully saturated rings. The van der Waals surface area contributed by atoms with Gasteiger partial charge in [-0.05, 0) is 122 Å². The Balaban J connectivity index is 0.828. The quantitative estimate of drug-likeness (QED) is 0.205. The monoisotopic (exact) mass is 614 g/mol. The normalized spacial score (nSPS) is 16.8. The number of likely N-dealkylation sites (N-methyl/N-ethyl adjacent to an activating group) is 1. The van der Waals surface area contributed by atoms with Gasteiger partial charge in [0, 0.05) is 59.2 Å². The van der Waals surface area contributed by atoms with Crippen LogP contribution in [0.3, 0.4) is 0 Å². The van der Waals surface area contributed by atoms with E-state index < -0.39 is 0 Å². The van der Waals surface area contributed by atoms with Crippen LogP contribution in [-0.2, 0) is 25.7 Å². The minimum Gasteiger partial charge on any atom is -0.315 e. The van der Waals surface area contributed by atoms with Crippen molar-refractivity contribution in [1.82, 2.24) is 20.0 Å². The predicted molar refractivity (Wildman–Crippen MR) is 178 cm³/mol. The number of imide groups is 2. The molecule has 46 heavy (non-hydrogen) atoms. The van der Waals surface area contributed by atoms with Crippen molar-refractivity contribution in [1.29, 1.82) is 0 Å². The van der Waals surface area contributed by atoms with Crippen LogP contribution in [0.2, 0.25) is 0 Å². The topological polar surface area (TPSA) is 90.0 Å². The lowest BCUT2D eigenvalue weighted by Crippen LogP contribution is -2.45. The first-order chi connectivity index (χ1) is 22.4. The highest BCUT2D eigenvalue weighted by Gasteiger charge is 2.35. The minimum absolute atomic E-state index is 0.202. The predicted octanol–water partition coefficient (Wildman–Crippen LogP) is 4.77. The zero-order valence-corrected chi connectivity index (χ0v) is 26.3. The van der Waals surface area contributed by atoms with Crippen molar-refractivity contribution in [3.05, 3.63) is 93.0 Å². The number of carbonyl (C=O) groups is 4. The number of hydrogen-bond acceptors (Lipinski definition) is 6. The molecule has 0 bridgehead atoms. The Labute approximate surface area is 268 Å². The van der Waals surface area contributed by atoms with E-state index in [2.05, 4.69) is 34.5 Å². The number of nitrogens with one attached hydrogen (secondary N) is 1. The molecule has 2 heterocycles. The lowest BCUT2D eigenvalue weighted by atomic mass is 9.83. The number of amides is 4. The molecule has 0 saturated carbocycles. The van der Waals surface area contributed by atoms with E-state index >= 15 is 0 Å². The van der Waals surface area contributed by atoms with Crippen LogP contribution in [0.5, 0.6) is 0 Å². The zero-order valence-electron chi connectivity index (χ0n) is 26.3. The van der Waals surface area contributed by atoms with Crippen LogP contribution in [0.1, 0.15) is 82.9 Å². The second kappa shape index (κ2) is 11.4. The highest BCUT2D eigenvalue weighted by Crippen LogP contribution is 2.39. The van der Waals surface area contributed by atoms with E-state index in [0.717, 1.165) is 79.6 Å². The van der Waals surface area contributed by atoms with Gasteiger partial charge in [0.15, 0.2) is 0 Å². The number of benzene rings is 4. The minimum atomic E-state index is -0.210. The average Bonchev–Trinajstić information content (AvgIpc) is 3.07. The van der Waals surface area contributed by atoms with Gasteiger partial charge in [-0.3, -0.25) is 29.0 Å². The van der Waals surface area contributed by atoms with E-state index in [4.69, 9.17) is 0 Å². The maximum absolute atomic E-state index is 13.5. The Bertz CT molecular complexity index is 1860. The van der Waals surface area contributed by atoms with Crippen molar-refractivity contribution in [2.24, 2.45) is 0 Å². The summed E-state index contributed by atoms with van der Waals surface area (Å²) in [5, 5.41) is 7.30. The van der Waals surface area contributed by atoms with E-state index in [1.54, 1.807) is 0 Å². The first-order valence-corrected chi connectivity index (χ1v) is 16.7. The summed E-state index contributed by atoms with van der Waals surface area (Å²) in [6.07, 6.45) is 6.99. The maximum atomic E-state index is 13.5. The van der Waals surface area contributed by atoms with Gasteiger partial charge in [0.2, 0.25) is 0 Å². The van der Waals surface area contributed by atoms with Gasteiger partial charge in [-0.2, -0.15) is 0 Å². The second-order valence-electron chi connectivity index (χ2n) is 13.2. The van der Waals surface area contributed by atoms with Gasteiger partial charge in [-0.1, -0.05) is 24.3 Å². The molecular weight excluding hydrogens is 576 g/mol. The highest BCUT2D eigenvalue weighted by molar-refractivity contribution is 6.27. The molecule has 2 aliphatic heterocycles. The van der Waals surface area contributed by atoms with E-state index in [0.29, 0.717) is 48.4 Å². The molecule has 4 amide bonds. The van der Waals surface area contributed by atoms with Crippen LogP contribution in [0.4, 0.5) is 0 Å². The van der Waals surface area contributed by atoms with Gasteiger partial charge in [-0.25, -0.2) is 0 Å². The average molecular weight is 615 g/mol. The second-order valence-corrected chi connectivity index (χ2v) is 13.2. The molecule has 4 aromatic carbocycles. The van der Waals surface area contributed by atoms with Crippen molar-refractivity contribution in [2.75, 3.05) is 46.3 Å². The Kier molecular flexibility index (Phi) is 7.22. The molecule has 234 valence electrons. The third kappa shape index (κ3) is 4.57. The smallest absolute Gasteiger partial charge is 0.261 e. The fourth-order valence-electron chi connectivity index (χ4n) is 8.12. The third-order valence-corrected chi connectivity index (χ3v) is 10.5. The molecule has 0 atom stereocenters. The SMILES string of the molecule is CN(CCCNCCN1C(=O)c2ccc3c4c(ccc(c24)C1=O)CCC3)CCN1C(=O)c2ccc3c4c(ccc(c24)C1=O)CCC3. The third-order valence-electron chi connectivity index (χ3n) is 10.5. The molecule has 4 aliphatic rings. The van der Waals surface area contributed by atoms with E-state index in [9.17, 15) is 19.2 Å². The van der Waals surface area contributed by atoms with Crippen LogP contribution in [-0.4, -0.2) is 84.6 Å². The van der Waals surface area contributed by atoms with E-state index in [-0.39, 0.29) is 23.6 Å². The van der Waals surface area contributed by atoms with Crippen molar-refractivity contribution in [3.63, 3.8) is 0 Å². The van der Waals surface area contributed by atoms with Gasteiger partial charge in [0.05, 0.1) is 0 Å². The molecule has 1 N–H and O–H groups in total. The molecule has 0 radical (unpaired) electrons. The molecule has 0 saturated heterocycles. The Morgan fingerprint density at radius 1 is 0.543 bits per heavy atom. The van der Waals surface area contributed by atoms with Crippen molar-refractivity contribution in [3.8, 4) is 0 Å². The first kappa shape index (κ1) is 29.0. The van der Waals surface area contributed by atoms with Gasteiger partial charge >= 0.3 is 0 Å². The lowest BCUT2D eigenvalue weighted by molar-refractivity contribution is 0.0589. The summed E-state index contributed by atoms with van der Waals surface area (Å²) < 4.78 is 0.